The van der Waals surface area contributed by atoms with Crippen LogP contribution < -0.4 is 5.73 Å². The third kappa shape index (κ3) is 1.38. The van der Waals surface area contributed by atoms with Crippen molar-refractivity contribution in [3.63, 3.8) is 0 Å². The van der Waals surface area contributed by atoms with Gasteiger partial charge in [-0.25, -0.2) is 0 Å². The predicted molar refractivity (Wildman–Crippen MR) is 53.7 cm³/mol. The summed E-state index contributed by atoms with van der Waals surface area (Å²) in [6.45, 7) is -0.135. The van der Waals surface area contributed by atoms with Crippen LogP contribution in [0, 0.1) is 0 Å². The van der Waals surface area contributed by atoms with E-state index in [4.69, 9.17) is 10.8 Å². The molecule has 76 valence electrons. The Morgan fingerprint density at radius 2 is 2.07 bits per heavy atom. The van der Waals surface area contributed by atoms with Crippen LogP contribution in [0.15, 0.2) is 18.2 Å². The van der Waals surface area contributed by atoms with Crippen LogP contribution in [0.2, 0.25) is 0 Å². The van der Waals surface area contributed by atoms with Gasteiger partial charge in [-0.05, 0) is 30.9 Å². The minimum absolute atomic E-state index is 0.135. The van der Waals surface area contributed by atoms with Gasteiger partial charge >= 0.3 is 0 Å². The predicted octanol–water partition coefficient (Wildman–Crippen LogP) is 1.22. The average molecular weight is 193 g/mol. The fourth-order valence-electron chi connectivity index (χ4n) is 1.85. The van der Waals surface area contributed by atoms with Crippen LogP contribution in [-0.2, 0) is 12.1 Å². The Bertz CT molecular complexity index is 345. The molecule has 0 heterocycles. The molecule has 1 saturated carbocycles. The molecule has 1 aromatic carbocycles. The molecule has 3 heteroatoms. The summed E-state index contributed by atoms with van der Waals surface area (Å²) in [6, 6.07) is 5.30. The topological polar surface area (TPSA) is 66.5 Å². The molecule has 0 unspecified atom stereocenters. The molecular formula is C11H15NO2. The molecule has 2 rings (SSSR count). The number of benzene rings is 1. The van der Waals surface area contributed by atoms with E-state index in [0.29, 0.717) is 5.56 Å². The number of aromatic hydroxyl groups is 1. The van der Waals surface area contributed by atoms with Crippen molar-refractivity contribution in [3.8, 4) is 5.75 Å². The van der Waals surface area contributed by atoms with E-state index < -0.39 is 0 Å². The van der Waals surface area contributed by atoms with Crippen molar-refractivity contribution < 1.29 is 10.2 Å². The third-order valence-corrected chi connectivity index (χ3v) is 3.08. The highest BCUT2D eigenvalue weighted by Crippen LogP contribution is 2.40. The fraction of sp³-hybridized carbons (Fsp3) is 0.455. The first kappa shape index (κ1) is 9.49. The summed E-state index contributed by atoms with van der Waals surface area (Å²) in [5, 5.41) is 18.5. The molecule has 0 aromatic heterocycles. The van der Waals surface area contributed by atoms with Crippen molar-refractivity contribution >= 4 is 0 Å². The van der Waals surface area contributed by atoms with Crippen LogP contribution in [0.1, 0.15) is 30.4 Å². The molecule has 0 saturated heterocycles. The molecule has 1 aromatic rings. The van der Waals surface area contributed by atoms with E-state index in [-0.39, 0.29) is 17.9 Å². The fourth-order valence-corrected chi connectivity index (χ4v) is 1.85. The number of phenols is 1. The molecule has 1 fully saturated rings. The lowest BCUT2D eigenvalue weighted by molar-refractivity contribution is 0.251. The first-order valence-corrected chi connectivity index (χ1v) is 4.88. The van der Waals surface area contributed by atoms with Crippen molar-refractivity contribution in [2.45, 2.75) is 31.4 Å². The Balaban J connectivity index is 2.32. The molecule has 4 N–H and O–H groups in total. The molecule has 0 bridgehead atoms. The molecule has 3 nitrogen and oxygen atoms in total. The Hall–Kier alpha value is -1.06. The second-order valence-electron chi connectivity index (χ2n) is 4.01. The SMILES string of the molecule is NC1(c2ccc(CO)c(O)c2)CCC1. The van der Waals surface area contributed by atoms with Gasteiger partial charge in [0.15, 0.2) is 0 Å². The lowest BCUT2D eigenvalue weighted by Crippen LogP contribution is -2.43. The summed E-state index contributed by atoms with van der Waals surface area (Å²) < 4.78 is 0. The number of hydrogen-bond acceptors (Lipinski definition) is 3. The van der Waals surface area contributed by atoms with Gasteiger partial charge in [-0.3, -0.25) is 0 Å². The van der Waals surface area contributed by atoms with Gasteiger partial charge in [-0.2, -0.15) is 0 Å². The van der Waals surface area contributed by atoms with Crippen molar-refractivity contribution in [3.05, 3.63) is 29.3 Å². The van der Waals surface area contributed by atoms with Crippen LogP contribution in [-0.4, -0.2) is 10.2 Å². The normalized spacial score (nSPS) is 19.0. The van der Waals surface area contributed by atoms with Gasteiger partial charge in [0.05, 0.1) is 6.61 Å². The molecule has 0 spiro atoms. The highest BCUT2D eigenvalue weighted by atomic mass is 16.3. The number of nitrogens with two attached hydrogens (primary N) is 1. The van der Waals surface area contributed by atoms with E-state index in [2.05, 4.69) is 0 Å². The van der Waals surface area contributed by atoms with Gasteiger partial charge in [0.2, 0.25) is 0 Å². The zero-order chi connectivity index (χ0) is 10.2. The van der Waals surface area contributed by atoms with E-state index in [1.165, 1.54) is 0 Å². The highest BCUT2D eigenvalue weighted by molar-refractivity contribution is 5.39. The molecule has 1 aliphatic carbocycles. The summed E-state index contributed by atoms with van der Waals surface area (Å²) in [5.41, 5.74) is 7.39. The number of aliphatic hydroxyl groups excluding tert-OH is 1. The average Bonchev–Trinajstić information content (AvgIpc) is 2.14. The van der Waals surface area contributed by atoms with Crippen molar-refractivity contribution in [1.82, 2.24) is 0 Å². The molecular weight excluding hydrogens is 178 g/mol. The number of aliphatic hydroxyl groups is 1. The Kier molecular flexibility index (Phi) is 2.21. The Morgan fingerprint density at radius 3 is 2.50 bits per heavy atom. The van der Waals surface area contributed by atoms with Crippen molar-refractivity contribution in [1.29, 1.82) is 0 Å². The minimum atomic E-state index is -0.245. The maximum Gasteiger partial charge on any atom is 0.121 e. The van der Waals surface area contributed by atoms with Crippen LogP contribution in [0.25, 0.3) is 0 Å². The summed E-state index contributed by atoms with van der Waals surface area (Å²) in [4.78, 5) is 0. The van der Waals surface area contributed by atoms with E-state index in [1.807, 2.05) is 6.07 Å². The van der Waals surface area contributed by atoms with Gasteiger partial charge in [0.1, 0.15) is 5.75 Å². The summed E-state index contributed by atoms with van der Waals surface area (Å²) in [5.74, 6) is 0.140. The third-order valence-electron chi connectivity index (χ3n) is 3.08. The van der Waals surface area contributed by atoms with E-state index in [9.17, 15) is 5.11 Å². The van der Waals surface area contributed by atoms with Gasteiger partial charge in [0, 0.05) is 11.1 Å². The van der Waals surface area contributed by atoms with Gasteiger partial charge in [0.25, 0.3) is 0 Å². The molecule has 0 radical (unpaired) electrons. The van der Waals surface area contributed by atoms with E-state index in [1.54, 1.807) is 12.1 Å². The summed E-state index contributed by atoms with van der Waals surface area (Å²) in [6.07, 6.45) is 3.11. The maximum atomic E-state index is 9.56. The van der Waals surface area contributed by atoms with E-state index >= 15 is 0 Å². The lowest BCUT2D eigenvalue weighted by atomic mass is 9.72. The Labute approximate surface area is 83.2 Å². The smallest absolute Gasteiger partial charge is 0.121 e. The monoisotopic (exact) mass is 193 g/mol. The van der Waals surface area contributed by atoms with E-state index in [0.717, 1.165) is 24.8 Å². The van der Waals surface area contributed by atoms with Crippen molar-refractivity contribution in [2.24, 2.45) is 5.73 Å². The maximum absolute atomic E-state index is 9.56. The molecule has 0 atom stereocenters. The lowest BCUT2D eigenvalue weighted by Gasteiger charge is -2.38. The molecule has 1 aliphatic rings. The Morgan fingerprint density at radius 1 is 1.36 bits per heavy atom. The second kappa shape index (κ2) is 3.26. The number of rotatable bonds is 2. The highest BCUT2D eigenvalue weighted by Gasteiger charge is 2.34. The minimum Gasteiger partial charge on any atom is -0.508 e. The van der Waals surface area contributed by atoms with Gasteiger partial charge < -0.3 is 15.9 Å². The summed E-state index contributed by atoms with van der Waals surface area (Å²) >= 11 is 0. The van der Waals surface area contributed by atoms with Gasteiger partial charge in [-0.15, -0.1) is 0 Å². The first-order valence-electron chi connectivity index (χ1n) is 4.88. The zero-order valence-electron chi connectivity index (χ0n) is 8.03. The largest absolute Gasteiger partial charge is 0.508 e. The number of hydrogen-bond donors (Lipinski definition) is 3. The second-order valence-corrected chi connectivity index (χ2v) is 4.01. The molecule has 0 amide bonds. The standard InChI is InChI=1S/C11H15NO2/c12-11(4-1-5-11)9-3-2-8(7-13)10(14)6-9/h2-3,6,13-14H,1,4-5,7,12H2. The summed E-state index contributed by atoms with van der Waals surface area (Å²) in [7, 11) is 0. The van der Waals surface area contributed by atoms with Crippen molar-refractivity contribution in [2.75, 3.05) is 0 Å². The quantitative estimate of drug-likeness (QED) is 0.661. The van der Waals surface area contributed by atoms with Gasteiger partial charge in [-0.1, -0.05) is 12.1 Å². The molecule has 14 heavy (non-hydrogen) atoms. The molecule has 0 aliphatic heterocycles. The van der Waals surface area contributed by atoms with Crippen LogP contribution in [0.4, 0.5) is 0 Å². The van der Waals surface area contributed by atoms with Crippen LogP contribution in [0.3, 0.4) is 0 Å². The zero-order valence-corrected chi connectivity index (χ0v) is 8.03. The van der Waals surface area contributed by atoms with Crippen LogP contribution in [0.5, 0.6) is 5.75 Å². The first-order chi connectivity index (χ1) is 6.65. The van der Waals surface area contributed by atoms with Crippen LogP contribution >= 0.6 is 0 Å².